The minimum Gasteiger partial charge on any atom is -0.348 e. The zero-order valence-electron chi connectivity index (χ0n) is 17.9. The fourth-order valence-corrected chi connectivity index (χ4v) is 3.50. The third-order valence-corrected chi connectivity index (χ3v) is 5.36. The summed E-state index contributed by atoms with van der Waals surface area (Å²) >= 11 is 0. The Morgan fingerprint density at radius 3 is 2.55 bits per heavy atom. The fourth-order valence-electron chi connectivity index (χ4n) is 3.50. The van der Waals surface area contributed by atoms with E-state index < -0.39 is 22.9 Å². The predicted octanol–water partition coefficient (Wildman–Crippen LogP) is 1.60. The Morgan fingerprint density at radius 2 is 1.85 bits per heavy atom. The highest BCUT2D eigenvalue weighted by atomic mass is 19.2. The zero-order valence-corrected chi connectivity index (χ0v) is 17.9. The number of nitrogens with zero attached hydrogens (tertiary/aromatic N) is 3. The minimum absolute atomic E-state index is 0.160. The van der Waals surface area contributed by atoms with E-state index in [-0.39, 0.29) is 35.5 Å². The summed E-state index contributed by atoms with van der Waals surface area (Å²) in [5, 5.41) is 4.70. The molecule has 0 radical (unpaired) electrons. The molecular formula is C23H21F2N5O3. The van der Waals surface area contributed by atoms with E-state index in [2.05, 4.69) is 10.7 Å². The van der Waals surface area contributed by atoms with Crippen LogP contribution in [0.2, 0.25) is 0 Å². The molecule has 4 rings (SSSR count). The Morgan fingerprint density at radius 1 is 1.06 bits per heavy atom. The molecule has 8 nitrogen and oxygen atoms in total. The second-order valence-corrected chi connectivity index (χ2v) is 7.67. The van der Waals surface area contributed by atoms with Gasteiger partial charge in [0.1, 0.15) is 0 Å². The van der Waals surface area contributed by atoms with Crippen molar-refractivity contribution in [2.75, 3.05) is 13.6 Å². The first kappa shape index (κ1) is 22.0. The smallest absolute Gasteiger partial charge is 0.331 e. The van der Waals surface area contributed by atoms with E-state index in [0.717, 1.165) is 22.3 Å². The molecule has 1 aliphatic rings. The molecule has 0 fully saturated rings. The molecule has 10 heteroatoms. The Bertz CT molecular complexity index is 1440. The largest absolute Gasteiger partial charge is 0.348 e. The van der Waals surface area contributed by atoms with Crippen LogP contribution in [0.25, 0.3) is 10.9 Å². The van der Waals surface area contributed by atoms with Crippen LogP contribution in [0.1, 0.15) is 15.9 Å². The van der Waals surface area contributed by atoms with Crippen molar-refractivity contribution in [1.29, 1.82) is 0 Å². The number of hydrogen-bond acceptors (Lipinski definition) is 5. The second-order valence-electron chi connectivity index (χ2n) is 7.67. The number of benzene rings is 2. The lowest BCUT2D eigenvalue weighted by Crippen LogP contribution is -2.39. The summed E-state index contributed by atoms with van der Waals surface area (Å²) in [7, 11) is 3.33. The van der Waals surface area contributed by atoms with Crippen LogP contribution in [0.4, 0.5) is 8.78 Å². The number of hydrogen-bond donors (Lipinski definition) is 2. The van der Waals surface area contributed by atoms with Crippen LogP contribution < -0.4 is 22.0 Å². The highest BCUT2D eigenvalue weighted by Gasteiger charge is 2.15. The van der Waals surface area contributed by atoms with E-state index in [1.54, 1.807) is 11.2 Å². The van der Waals surface area contributed by atoms with Gasteiger partial charge in [-0.3, -0.25) is 23.7 Å². The number of hydrazine groups is 1. The van der Waals surface area contributed by atoms with Gasteiger partial charge >= 0.3 is 5.69 Å². The third kappa shape index (κ3) is 4.40. The van der Waals surface area contributed by atoms with Gasteiger partial charge in [-0.2, -0.15) is 0 Å². The van der Waals surface area contributed by atoms with E-state index in [1.165, 1.54) is 35.9 Å². The second kappa shape index (κ2) is 8.73. The van der Waals surface area contributed by atoms with Crippen LogP contribution in [-0.4, -0.2) is 33.6 Å². The monoisotopic (exact) mass is 453 g/mol. The lowest BCUT2D eigenvalue weighted by atomic mass is 10.1. The molecule has 3 aromatic rings. The predicted molar refractivity (Wildman–Crippen MR) is 119 cm³/mol. The van der Waals surface area contributed by atoms with Gasteiger partial charge in [-0.05, 0) is 47.5 Å². The number of aromatic nitrogens is 2. The van der Waals surface area contributed by atoms with Crippen molar-refractivity contribution in [2.45, 2.75) is 6.54 Å². The third-order valence-electron chi connectivity index (χ3n) is 5.36. The van der Waals surface area contributed by atoms with Crippen molar-refractivity contribution < 1.29 is 13.6 Å². The lowest BCUT2D eigenvalue weighted by Gasteiger charge is -2.19. The Labute approximate surface area is 187 Å². The molecule has 1 amide bonds. The van der Waals surface area contributed by atoms with Gasteiger partial charge in [-0.1, -0.05) is 6.07 Å². The van der Waals surface area contributed by atoms with Gasteiger partial charge in [0.25, 0.3) is 11.5 Å². The van der Waals surface area contributed by atoms with Crippen molar-refractivity contribution in [3.05, 3.63) is 104 Å². The van der Waals surface area contributed by atoms with Crippen molar-refractivity contribution >= 4 is 16.8 Å². The molecule has 0 bridgehead atoms. The molecule has 1 aliphatic heterocycles. The number of halogens is 2. The first-order valence-electron chi connectivity index (χ1n) is 10.1. The number of carbonyl (C=O) groups excluding carboxylic acids is 1. The molecule has 170 valence electrons. The molecule has 33 heavy (non-hydrogen) atoms. The van der Waals surface area contributed by atoms with Crippen LogP contribution in [0.5, 0.6) is 0 Å². The number of fused-ring (bicyclic) bond motifs is 1. The maximum absolute atomic E-state index is 13.6. The summed E-state index contributed by atoms with van der Waals surface area (Å²) in [5.74, 6) is -2.47. The van der Waals surface area contributed by atoms with Crippen LogP contribution in [0.15, 0.2) is 70.0 Å². The van der Waals surface area contributed by atoms with Crippen molar-refractivity contribution in [3.8, 4) is 0 Å². The van der Waals surface area contributed by atoms with Crippen molar-refractivity contribution in [2.24, 2.45) is 7.05 Å². The van der Waals surface area contributed by atoms with Gasteiger partial charge < -0.3 is 10.7 Å². The van der Waals surface area contributed by atoms with Gasteiger partial charge in [0.2, 0.25) is 0 Å². The maximum Gasteiger partial charge on any atom is 0.331 e. The SMILES string of the molecule is CN1C=CC(CNC(=O)c2ccc3c(c2)c(=O)n(Cc2ccc(F)c(F)c2)c(=O)n3C)=CN1. The zero-order chi connectivity index (χ0) is 23.7. The number of aryl methyl sites for hydroxylation is 1. The molecule has 2 N–H and O–H groups in total. The molecular weight excluding hydrogens is 432 g/mol. The van der Waals surface area contributed by atoms with E-state index in [0.29, 0.717) is 5.52 Å². The molecule has 0 saturated carbocycles. The topological polar surface area (TPSA) is 88.4 Å². The molecule has 0 atom stereocenters. The Kier molecular flexibility index (Phi) is 5.82. The standard InChI is InChI=1S/C23H21F2N5O3/c1-28-8-7-15(12-27-28)11-26-21(31)16-4-6-20-17(10-16)22(32)30(23(33)29(20)2)13-14-3-5-18(24)19(25)9-14/h3-10,12,27H,11,13H2,1-2H3,(H,26,31). The first-order chi connectivity index (χ1) is 15.7. The molecule has 0 saturated heterocycles. The number of amides is 1. The average molecular weight is 453 g/mol. The van der Waals surface area contributed by atoms with E-state index in [9.17, 15) is 23.2 Å². The molecule has 0 unspecified atom stereocenters. The van der Waals surface area contributed by atoms with Crippen molar-refractivity contribution in [3.63, 3.8) is 0 Å². The maximum atomic E-state index is 13.6. The fraction of sp³-hybridized carbons (Fsp3) is 0.174. The van der Waals surface area contributed by atoms with Crippen LogP contribution in [-0.2, 0) is 13.6 Å². The summed E-state index contributed by atoms with van der Waals surface area (Å²) < 4.78 is 29.0. The number of nitrogens with one attached hydrogen (secondary N) is 2. The highest BCUT2D eigenvalue weighted by molar-refractivity contribution is 5.98. The molecule has 2 heterocycles. The number of carbonyl (C=O) groups is 1. The molecule has 1 aromatic heterocycles. The normalized spacial score (nSPS) is 13.1. The Hall–Kier alpha value is -4.21. The Balaban J connectivity index is 1.65. The van der Waals surface area contributed by atoms with E-state index in [1.807, 2.05) is 19.3 Å². The summed E-state index contributed by atoms with van der Waals surface area (Å²) in [5.41, 5.74) is 3.47. The molecule has 0 spiro atoms. The van der Waals surface area contributed by atoms with Gasteiger partial charge in [0.05, 0.1) is 17.4 Å². The van der Waals surface area contributed by atoms with E-state index in [4.69, 9.17) is 0 Å². The quantitative estimate of drug-likeness (QED) is 0.613. The number of rotatable bonds is 5. The summed E-state index contributed by atoms with van der Waals surface area (Å²) in [6, 6.07) is 7.67. The molecule has 2 aromatic carbocycles. The van der Waals surface area contributed by atoms with Crippen LogP contribution in [0, 0.1) is 11.6 Å². The minimum atomic E-state index is -1.07. The summed E-state index contributed by atoms with van der Waals surface area (Å²) in [6.07, 6.45) is 5.42. The van der Waals surface area contributed by atoms with Gasteiger partial charge in [0.15, 0.2) is 11.6 Å². The summed E-state index contributed by atoms with van der Waals surface area (Å²) in [4.78, 5) is 38.5. The first-order valence-corrected chi connectivity index (χ1v) is 10.1. The van der Waals surface area contributed by atoms with Gasteiger partial charge in [-0.15, -0.1) is 0 Å². The van der Waals surface area contributed by atoms with Crippen LogP contribution >= 0.6 is 0 Å². The van der Waals surface area contributed by atoms with Crippen molar-refractivity contribution in [1.82, 2.24) is 24.9 Å². The average Bonchev–Trinajstić information content (AvgIpc) is 2.81. The van der Waals surface area contributed by atoms with Gasteiger partial charge in [-0.25, -0.2) is 13.6 Å². The van der Waals surface area contributed by atoms with Crippen LogP contribution in [0.3, 0.4) is 0 Å². The summed E-state index contributed by atoms with van der Waals surface area (Å²) in [6.45, 7) is 0.0405. The van der Waals surface area contributed by atoms with E-state index >= 15 is 0 Å². The lowest BCUT2D eigenvalue weighted by molar-refractivity contribution is 0.0957. The van der Waals surface area contributed by atoms with Gasteiger partial charge in [0, 0.05) is 38.6 Å². The molecule has 0 aliphatic carbocycles. The highest BCUT2D eigenvalue weighted by Crippen LogP contribution is 2.13.